The Kier molecular flexibility index (Phi) is 3.77. The molecule has 1 N–H and O–H groups in total. The smallest absolute Gasteiger partial charge is 0.251 e. The number of nitrogens with zero attached hydrogens (tertiary/aromatic N) is 2. The summed E-state index contributed by atoms with van der Waals surface area (Å²) in [5.74, 6) is -2.56. The average molecular weight is 322 g/mol. The number of aromatic nitrogens is 2. The summed E-state index contributed by atoms with van der Waals surface area (Å²) in [5, 5.41) is 3.17. The minimum absolute atomic E-state index is 0.0470. The second-order valence-corrected chi connectivity index (χ2v) is 5.09. The maximum atomic E-state index is 13.1. The molecule has 0 fully saturated rings. The Morgan fingerprint density at radius 2 is 2.00 bits per heavy atom. The Balaban J connectivity index is 1.72. The van der Waals surface area contributed by atoms with Crippen LogP contribution in [-0.4, -0.2) is 15.3 Å². The van der Waals surface area contributed by atoms with Gasteiger partial charge in [-0.25, -0.2) is 13.8 Å². The summed E-state index contributed by atoms with van der Waals surface area (Å²) in [4.78, 5) is 16.2. The van der Waals surface area contributed by atoms with Crippen molar-refractivity contribution in [3.05, 3.63) is 70.6 Å². The Morgan fingerprint density at radius 3 is 2.77 bits per heavy atom. The number of carbonyl (C=O) groups is 1. The van der Waals surface area contributed by atoms with Gasteiger partial charge in [0, 0.05) is 18.0 Å². The minimum atomic E-state index is -1.06. The van der Waals surface area contributed by atoms with Crippen LogP contribution in [0.4, 0.5) is 8.78 Å². The number of carbonyl (C=O) groups excluding carboxylic acids is 1. The van der Waals surface area contributed by atoms with Crippen LogP contribution in [-0.2, 0) is 6.54 Å². The van der Waals surface area contributed by atoms with E-state index in [9.17, 15) is 13.6 Å². The monoisotopic (exact) mass is 321 g/mol. The lowest BCUT2D eigenvalue weighted by Crippen LogP contribution is -2.23. The normalized spacial score (nSPS) is 10.9. The van der Waals surface area contributed by atoms with E-state index in [-0.39, 0.29) is 12.1 Å². The summed E-state index contributed by atoms with van der Waals surface area (Å²) in [6, 6.07) is 6.46. The van der Waals surface area contributed by atoms with Gasteiger partial charge in [-0.1, -0.05) is 11.6 Å². The van der Waals surface area contributed by atoms with E-state index < -0.39 is 17.5 Å². The molecule has 112 valence electrons. The molecule has 1 amide bonds. The first kappa shape index (κ1) is 14.5. The maximum Gasteiger partial charge on any atom is 0.251 e. The van der Waals surface area contributed by atoms with Crippen LogP contribution in [0.1, 0.15) is 16.1 Å². The van der Waals surface area contributed by atoms with E-state index in [4.69, 9.17) is 11.6 Å². The molecule has 0 bridgehead atoms. The van der Waals surface area contributed by atoms with Crippen LogP contribution in [0.3, 0.4) is 0 Å². The van der Waals surface area contributed by atoms with E-state index in [0.717, 1.165) is 12.1 Å². The number of halogens is 3. The maximum absolute atomic E-state index is 13.1. The van der Waals surface area contributed by atoms with Crippen LogP contribution in [0, 0.1) is 11.6 Å². The van der Waals surface area contributed by atoms with Crippen LogP contribution in [0.5, 0.6) is 0 Å². The Morgan fingerprint density at radius 1 is 1.18 bits per heavy atom. The number of nitrogens with one attached hydrogen (secondary N) is 1. The summed E-state index contributed by atoms with van der Waals surface area (Å²) in [5.41, 5.74) is 1.37. The lowest BCUT2D eigenvalue weighted by molar-refractivity contribution is 0.0950. The number of benzene rings is 1. The number of imidazole rings is 1. The van der Waals surface area contributed by atoms with Gasteiger partial charge in [0.2, 0.25) is 0 Å². The van der Waals surface area contributed by atoms with E-state index in [0.29, 0.717) is 16.4 Å². The quantitative estimate of drug-likeness (QED) is 0.805. The topological polar surface area (TPSA) is 46.4 Å². The van der Waals surface area contributed by atoms with E-state index in [1.54, 1.807) is 28.9 Å². The third-order valence-corrected chi connectivity index (χ3v) is 3.30. The SMILES string of the molecule is O=C(NCc1cn2cc(Cl)ccc2n1)c1ccc(F)c(F)c1. The molecule has 0 aliphatic heterocycles. The second-order valence-electron chi connectivity index (χ2n) is 4.66. The molecule has 22 heavy (non-hydrogen) atoms. The van der Waals surface area contributed by atoms with Gasteiger partial charge >= 0.3 is 0 Å². The summed E-state index contributed by atoms with van der Waals surface area (Å²) in [6.45, 7) is 0.164. The van der Waals surface area contributed by atoms with Crippen molar-refractivity contribution in [2.75, 3.05) is 0 Å². The Hall–Kier alpha value is -2.47. The first-order chi connectivity index (χ1) is 10.5. The highest BCUT2D eigenvalue weighted by Gasteiger charge is 2.10. The highest BCUT2D eigenvalue weighted by Crippen LogP contribution is 2.12. The lowest BCUT2D eigenvalue weighted by atomic mass is 10.2. The van der Waals surface area contributed by atoms with E-state index in [2.05, 4.69) is 10.3 Å². The van der Waals surface area contributed by atoms with Gasteiger partial charge in [-0.05, 0) is 30.3 Å². The fraction of sp³-hybridized carbons (Fsp3) is 0.0667. The number of hydrogen-bond acceptors (Lipinski definition) is 2. The first-order valence-electron chi connectivity index (χ1n) is 6.39. The number of fused-ring (bicyclic) bond motifs is 1. The van der Waals surface area contributed by atoms with Crippen LogP contribution >= 0.6 is 11.6 Å². The van der Waals surface area contributed by atoms with Gasteiger partial charge in [-0.2, -0.15) is 0 Å². The fourth-order valence-electron chi connectivity index (χ4n) is 2.01. The van der Waals surface area contributed by atoms with Gasteiger partial charge in [0.25, 0.3) is 5.91 Å². The van der Waals surface area contributed by atoms with Crippen molar-refractivity contribution >= 4 is 23.2 Å². The van der Waals surface area contributed by atoms with Gasteiger partial charge in [0.1, 0.15) is 5.65 Å². The molecule has 7 heteroatoms. The molecule has 0 unspecified atom stereocenters. The van der Waals surface area contributed by atoms with Crippen molar-refractivity contribution in [1.82, 2.24) is 14.7 Å². The molecule has 2 aromatic heterocycles. The minimum Gasteiger partial charge on any atom is -0.346 e. The zero-order valence-corrected chi connectivity index (χ0v) is 11.9. The third kappa shape index (κ3) is 2.92. The number of rotatable bonds is 3. The molecule has 2 heterocycles. The molecule has 0 saturated carbocycles. The molecular weight excluding hydrogens is 312 g/mol. The van der Waals surface area contributed by atoms with Gasteiger partial charge in [-0.3, -0.25) is 4.79 Å². The van der Waals surface area contributed by atoms with Gasteiger partial charge < -0.3 is 9.72 Å². The molecule has 0 saturated heterocycles. The molecule has 1 aromatic carbocycles. The Labute approximate surface area is 129 Å². The molecule has 0 aliphatic rings. The molecule has 3 aromatic rings. The third-order valence-electron chi connectivity index (χ3n) is 3.08. The van der Waals surface area contributed by atoms with Gasteiger partial charge in [0.15, 0.2) is 11.6 Å². The average Bonchev–Trinajstić information content (AvgIpc) is 2.89. The summed E-state index contributed by atoms with van der Waals surface area (Å²) < 4.78 is 27.7. The largest absolute Gasteiger partial charge is 0.346 e. The van der Waals surface area contributed by atoms with Crippen molar-refractivity contribution in [3.63, 3.8) is 0 Å². The highest BCUT2D eigenvalue weighted by atomic mass is 35.5. The molecule has 0 aliphatic carbocycles. The van der Waals surface area contributed by atoms with E-state index >= 15 is 0 Å². The van der Waals surface area contributed by atoms with Crippen molar-refractivity contribution in [2.45, 2.75) is 6.54 Å². The predicted octanol–water partition coefficient (Wildman–Crippen LogP) is 3.20. The molecule has 4 nitrogen and oxygen atoms in total. The first-order valence-corrected chi connectivity index (χ1v) is 6.77. The van der Waals surface area contributed by atoms with Gasteiger partial charge in [-0.15, -0.1) is 0 Å². The zero-order chi connectivity index (χ0) is 15.7. The molecule has 0 atom stereocenters. The standard InChI is InChI=1S/C15H10ClF2N3O/c16-10-2-4-14-20-11(8-21(14)7-10)6-19-15(22)9-1-3-12(17)13(18)5-9/h1-5,7-8H,6H2,(H,19,22). The van der Waals surface area contributed by atoms with Crippen molar-refractivity contribution in [2.24, 2.45) is 0 Å². The van der Waals surface area contributed by atoms with Crippen LogP contribution in [0.2, 0.25) is 5.02 Å². The van der Waals surface area contributed by atoms with E-state index in [1.807, 2.05) is 0 Å². The Bertz CT molecular complexity index is 863. The molecule has 0 radical (unpaired) electrons. The highest BCUT2D eigenvalue weighted by molar-refractivity contribution is 6.30. The zero-order valence-electron chi connectivity index (χ0n) is 11.2. The number of hydrogen-bond donors (Lipinski definition) is 1. The van der Waals surface area contributed by atoms with Gasteiger partial charge in [0.05, 0.1) is 17.3 Å². The number of pyridine rings is 1. The summed E-state index contributed by atoms with van der Waals surface area (Å²) in [7, 11) is 0. The summed E-state index contributed by atoms with van der Waals surface area (Å²) in [6.07, 6.45) is 3.43. The number of amides is 1. The summed E-state index contributed by atoms with van der Waals surface area (Å²) >= 11 is 5.88. The predicted molar refractivity (Wildman–Crippen MR) is 77.7 cm³/mol. The van der Waals surface area contributed by atoms with E-state index in [1.165, 1.54) is 6.07 Å². The molecule has 0 spiro atoms. The second kappa shape index (κ2) is 5.73. The molecule has 3 rings (SSSR count). The van der Waals surface area contributed by atoms with Crippen molar-refractivity contribution in [1.29, 1.82) is 0 Å². The van der Waals surface area contributed by atoms with Crippen LogP contribution < -0.4 is 5.32 Å². The van der Waals surface area contributed by atoms with Crippen molar-refractivity contribution < 1.29 is 13.6 Å². The van der Waals surface area contributed by atoms with Crippen LogP contribution in [0.25, 0.3) is 5.65 Å². The molecular formula is C15H10ClF2N3O. The van der Waals surface area contributed by atoms with Crippen molar-refractivity contribution in [3.8, 4) is 0 Å². The fourth-order valence-corrected chi connectivity index (χ4v) is 2.18. The lowest BCUT2D eigenvalue weighted by Gasteiger charge is -2.03. The van der Waals surface area contributed by atoms with Crippen LogP contribution in [0.15, 0.2) is 42.7 Å².